The average Bonchev–Trinajstić information content (AvgIpc) is 0.920. The van der Waals surface area contributed by atoms with Crippen LogP contribution in [0.1, 0.15) is 118 Å². The van der Waals surface area contributed by atoms with E-state index in [4.69, 9.17) is 4.74 Å². The first-order chi connectivity index (χ1) is 41.9. The van der Waals surface area contributed by atoms with Gasteiger partial charge in [0.15, 0.2) is 0 Å². The van der Waals surface area contributed by atoms with Crippen LogP contribution in [0, 0.1) is 17.8 Å². The summed E-state index contributed by atoms with van der Waals surface area (Å²) >= 11 is 0. The third kappa shape index (κ3) is 8.16. The van der Waals surface area contributed by atoms with Gasteiger partial charge in [0.2, 0.25) is 0 Å². The highest BCUT2D eigenvalue weighted by atomic mass is 16.5. The van der Waals surface area contributed by atoms with E-state index in [1.165, 1.54) is 160 Å². The van der Waals surface area contributed by atoms with Crippen molar-refractivity contribution in [2.75, 3.05) is 4.90 Å². The Morgan fingerprint density at radius 1 is 0.391 bits per heavy atom. The van der Waals surface area contributed by atoms with Crippen molar-refractivity contribution in [1.29, 1.82) is 0 Å². The number of anilines is 2. The smallest absolute Gasteiger partial charge is 0.256 e. The zero-order valence-corrected chi connectivity index (χ0v) is 51.9. The fourth-order valence-electron chi connectivity index (χ4n) is 17.5. The third-order valence-electron chi connectivity index (χ3n) is 21.3. The topological polar surface area (TPSA) is 22.3 Å². The molecule has 428 valence electrons. The van der Waals surface area contributed by atoms with Crippen LogP contribution in [0.3, 0.4) is 0 Å². The summed E-state index contributed by atoms with van der Waals surface area (Å²) in [5.41, 5.74) is 24.6. The quantitative estimate of drug-likeness (QED) is 0.155. The zero-order valence-electron chi connectivity index (χ0n) is 51.9. The van der Waals surface area contributed by atoms with Crippen LogP contribution in [0.4, 0.5) is 11.4 Å². The van der Waals surface area contributed by atoms with E-state index in [0.717, 1.165) is 40.6 Å². The highest BCUT2D eigenvalue weighted by molar-refractivity contribution is 6.99. The van der Waals surface area contributed by atoms with E-state index in [1.54, 1.807) is 0 Å². The molecule has 12 aromatic rings. The SMILES string of the molecule is CC(C)(C)c1ccc(-c2cc3c4c(c2)N(C25CC6CC(CC(C6)C2)C5)c2cc(-c5ccccc5)c(-c5ccccc5)cc2B4c2cc(-n4c5ccccc5c5ccccc54)cc(-n4c5ccc(C(C)(C)C)cc5c5cc(C(C)(C)C)ccc54)c2O3)cc1. The molecule has 4 bridgehead atoms. The van der Waals surface area contributed by atoms with E-state index in [2.05, 4.69) is 283 Å². The third-order valence-corrected chi connectivity index (χ3v) is 21.3. The van der Waals surface area contributed by atoms with Gasteiger partial charge in [-0.15, -0.1) is 0 Å². The Hall–Kier alpha value is -8.54. The normalized spacial score (nSPS) is 19.5. The monoisotopic (exact) mass is 1130 g/mol. The van der Waals surface area contributed by atoms with Crippen LogP contribution < -0.4 is 26.0 Å². The molecule has 0 radical (unpaired) electrons. The first kappa shape index (κ1) is 52.8. The highest BCUT2D eigenvalue weighted by Crippen LogP contribution is 2.61. The number of hydrogen-bond acceptors (Lipinski definition) is 2. The molecule has 4 saturated carbocycles. The van der Waals surface area contributed by atoms with Gasteiger partial charge in [-0.2, -0.15) is 0 Å². The van der Waals surface area contributed by atoms with Crippen LogP contribution in [-0.2, 0) is 16.2 Å². The molecule has 4 aliphatic carbocycles. The number of ether oxygens (including phenoxy) is 1. The first-order valence-electron chi connectivity index (χ1n) is 32.3. The molecule has 2 aromatic heterocycles. The number of benzene rings is 10. The molecule has 0 unspecified atom stereocenters. The van der Waals surface area contributed by atoms with E-state index in [9.17, 15) is 0 Å². The van der Waals surface area contributed by atoms with E-state index in [-0.39, 0.29) is 28.5 Å². The van der Waals surface area contributed by atoms with Crippen molar-refractivity contribution in [3.8, 4) is 56.3 Å². The average molecular weight is 1130 g/mol. The van der Waals surface area contributed by atoms with E-state index in [1.807, 2.05) is 0 Å². The molecule has 0 atom stereocenters. The summed E-state index contributed by atoms with van der Waals surface area (Å²) in [4.78, 5) is 2.97. The summed E-state index contributed by atoms with van der Waals surface area (Å²) in [5, 5.41) is 5.01. The predicted molar refractivity (Wildman–Crippen MR) is 368 cm³/mol. The standard InChI is InChI=1S/C82H76BN3O/c1-79(2,3)57-30-28-53(29-31-57)56-39-74-77-76(40-56)87-78-68(83(77)67-45-63(54-20-12-10-13-21-54)64(55-22-14-11-15-23-55)46-73(67)86(74)82-47-50-36-51(48-82)38-52(37-50)49-82)43-60(84-69-26-18-16-24-61(69)62-25-17-19-27-70(62)84)44-75(78)85-71-34-32-58(80(4,5)6)41-65(71)66-42-59(81(7,8)9)33-35-72(66)85/h10-35,39-46,50-52H,36-38,47-49H2,1-9H3. The fourth-order valence-corrected chi connectivity index (χ4v) is 17.5. The molecular formula is C82H76BN3O. The molecule has 5 heteroatoms. The summed E-state index contributed by atoms with van der Waals surface area (Å²) in [5.74, 6) is 4.06. The van der Waals surface area contributed by atoms with E-state index < -0.39 is 0 Å². The van der Waals surface area contributed by atoms with Crippen molar-refractivity contribution in [2.24, 2.45) is 17.8 Å². The molecule has 10 aromatic carbocycles. The van der Waals surface area contributed by atoms with Crippen LogP contribution in [-0.4, -0.2) is 21.4 Å². The summed E-state index contributed by atoms with van der Waals surface area (Å²) < 4.78 is 13.3. The lowest BCUT2D eigenvalue weighted by atomic mass is 9.33. The maximum atomic E-state index is 8.15. The van der Waals surface area contributed by atoms with Gasteiger partial charge in [0.1, 0.15) is 11.5 Å². The molecule has 4 nitrogen and oxygen atoms in total. The van der Waals surface area contributed by atoms with Gasteiger partial charge in [-0.05, 0) is 206 Å². The van der Waals surface area contributed by atoms with E-state index in [0.29, 0.717) is 0 Å². The van der Waals surface area contributed by atoms with Gasteiger partial charge in [-0.1, -0.05) is 202 Å². The molecule has 6 aliphatic rings. The molecule has 4 heterocycles. The molecule has 0 spiro atoms. The fraction of sp³-hybridized carbons (Fsp3) is 0.268. The number of nitrogens with zero attached hydrogens (tertiary/aromatic N) is 3. The molecule has 4 fully saturated rings. The van der Waals surface area contributed by atoms with Crippen LogP contribution in [0.25, 0.3) is 88.4 Å². The molecule has 87 heavy (non-hydrogen) atoms. The second-order valence-corrected chi connectivity index (χ2v) is 30.0. The first-order valence-corrected chi connectivity index (χ1v) is 32.3. The summed E-state index contributed by atoms with van der Waals surface area (Å²) in [6.07, 6.45) is 7.74. The number of fused-ring (bicyclic) bond motifs is 10. The van der Waals surface area contributed by atoms with Gasteiger partial charge in [-0.25, -0.2) is 0 Å². The van der Waals surface area contributed by atoms with Crippen molar-refractivity contribution in [3.05, 3.63) is 223 Å². The van der Waals surface area contributed by atoms with Crippen LogP contribution >= 0.6 is 0 Å². The second-order valence-electron chi connectivity index (χ2n) is 30.0. The van der Waals surface area contributed by atoms with Crippen LogP contribution in [0.15, 0.2) is 206 Å². The van der Waals surface area contributed by atoms with Crippen molar-refractivity contribution < 1.29 is 4.74 Å². The molecule has 2 aliphatic heterocycles. The van der Waals surface area contributed by atoms with Crippen LogP contribution in [0.2, 0.25) is 0 Å². The Kier molecular flexibility index (Phi) is 11.4. The second kappa shape index (κ2) is 18.7. The Morgan fingerprint density at radius 3 is 1.43 bits per heavy atom. The van der Waals surface area contributed by atoms with E-state index >= 15 is 0 Å². The lowest BCUT2D eigenvalue weighted by Gasteiger charge is -2.62. The minimum atomic E-state index is -0.191. The number of hydrogen-bond donors (Lipinski definition) is 0. The molecule has 0 N–H and O–H groups in total. The lowest BCUT2D eigenvalue weighted by Crippen LogP contribution is -2.66. The summed E-state index contributed by atoms with van der Waals surface area (Å²) in [6, 6.07) is 79.7. The minimum Gasteiger partial charge on any atom is -0.456 e. The van der Waals surface area contributed by atoms with Gasteiger partial charge in [-0.3, -0.25) is 0 Å². The Morgan fingerprint density at radius 2 is 0.885 bits per heavy atom. The molecular weight excluding hydrogens is 1050 g/mol. The zero-order chi connectivity index (χ0) is 59.0. The maximum Gasteiger partial charge on any atom is 0.256 e. The predicted octanol–water partition coefficient (Wildman–Crippen LogP) is 19.8. The highest BCUT2D eigenvalue weighted by Gasteiger charge is 2.57. The van der Waals surface area contributed by atoms with Crippen molar-refractivity contribution >= 4 is 78.1 Å². The molecule has 0 saturated heterocycles. The molecule has 0 amide bonds. The summed E-state index contributed by atoms with van der Waals surface area (Å²) in [7, 11) is 0. The van der Waals surface area contributed by atoms with Crippen LogP contribution in [0.5, 0.6) is 11.5 Å². The largest absolute Gasteiger partial charge is 0.456 e. The Bertz CT molecular complexity index is 4650. The number of aromatic nitrogens is 2. The van der Waals surface area contributed by atoms with Crippen molar-refractivity contribution in [3.63, 3.8) is 0 Å². The molecule has 18 rings (SSSR count). The Balaban J connectivity index is 1.03. The minimum absolute atomic E-state index is 0.0262. The van der Waals surface area contributed by atoms with Gasteiger partial charge in [0, 0.05) is 44.1 Å². The van der Waals surface area contributed by atoms with Crippen molar-refractivity contribution in [1.82, 2.24) is 9.13 Å². The summed E-state index contributed by atoms with van der Waals surface area (Å²) in [6.45, 7) is 20.8. The van der Waals surface area contributed by atoms with Gasteiger partial charge < -0.3 is 18.8 Å². The van der Waals surface area contributed by atoms with Gasteiger partial charge in [0.05, 0.1) is 27.8 Å². The van der Waals surface area contributed by atoms with Gasteiger partial charge >= 0.3 is 0 Å². The number of rotatable bonds is 6. The maximum absolute atomic E-state index is 8.15. The van der Waals surface area contributed by atoms with Crippen molar-refractivity contribution in [2.45, 2.75) is 123 Å². The van der Waals surface area contributed by atoms with Gasteiger partial charge in [0.25, 0.3) is 6.71 Å². The Labute approximate surface area is 513 Å². The lowest BCUT2D eigenvalue weighted by molar-refractivity contribution is 0.000634. The number of para-hydroxylation sites is 2.